The largest absolute Gasteiger partial charge is 0.496 e. The molecule has 3 aliphatic rings. The van der Waals surface area contributed by atoms with Crippen molar-refractivity contribution in [3.8, 4) is 5.75 Å². The fraction of sp³-hybridized carbons (Fsp3) is 0.500. The molecule has 1 aliphatic heterocycles. The Morgan fingerprint density at radius 1 is 1.31 bits per heavy atom. The molecule has 1 N–H and O–H groups in total. The Bertz CT molecular complexity index is 1240. The molecular weight excluding hydrogens is 406 g/mol. The summed E-state index contributed by atoms with van der Waals surface area (Å²) in [5, 5.41) is 4.17. The Morgan fingerprint density at radius 3 is 2.84 bits per heavy atom. The Labute approximate surface area is 186 Å². The molecule has 32 heavy (non-hydrogen) atoms. The van der Waals surface area contributed by atoms with Crippen LogP contribution in [0.4, 0.5) is 5.82 Å². The normalized spacial score (nSPS) is 19.0. The van der Waals surface area contributed by atoms with Crippen molar-refractivity contribution in [2.45, 2.75) is 64.0 Å². The lowest BCUT2D eigenvalue weighted by molar-refractivity contribution is 0.0730. The van der Waals surface area contributed by atoms with E-state index in [4.69, 9.17) is 14.1 Å². The number of carbonyl (C=O) groups is 1. The highest BCUT2D eigenvalue weighted by atomic mass is 16.5. The van der Waals surface area contributed by atoms with E-state index in [-0.39, 0.29) is 11.4 Å². The van der Waals surface area contributed by atoms with Gasteiger partial charge >= 0.3 is 0 Å². The Hall–Kier alpha value is -3.16. The first kappa shape index (κ1) is 19.5. The Morgan fingerprint density at radius 2 is 2.12 bits per heavy atom. The number of hydrogen-bond acceptors (Lipinski definition) is 7. The van der Waals surface area contributed by atoms with E-state index in [9.17, 15) is 4.79 Å². The maximum atomic E-state index is 13.7. The molecule has 8 heteroatoms. The van der Waals surface area contributed by atoms with E-state index in [0.717, 1.165) is 42.0 Å². The van der Waals surface area contributed by atoms with Crippen LogP contribution in [0.15, 0.2) is 16.8 Å². The standard InChI is InChI=1S/C24H27N5O3/c1-13-19(20-21(28-24(2)7-8-24)25-12-26-22(20)32-13)23(30)29-9-6-15-17(11-29)27-16(14-4-5-14)10-18(15)31-3/h10,12,14H,4-9,11H2,1-3H3,(H,25,26,28). The quantitative estimate of drug-likeness (QED) is 0.651. The summed E-state index contributed by atoms with van der Waals surface area (Å²) in [4.78, 5) is 29.3. The molecule has 8 nitrogen and oxygen atoms in total. The van der Waals surface area contributed by atoms with Crippen LogP contribution < -0.4 is 10.1 Å². The van der Waals surface area contributed by atoms with E-state index in [0.29, 0.717) is 47.2 Å². The van der Waals surface area contributed by atoms with E-state index in [2.05, 4.69) is 28.3 Å². The maximum Gasteiger partial charge on any atom is 0.258 e. The van der Waals surface area contributed by atoms with Gasteiger partial charge in [-0.1, -0.05) is 0 Å². The number of hydrogen-bond donors (Lipinski definition) is 1. The van der Waals surface area contributed by atoms with Crippen LogP contribution in [0.2, 0.25) is 0 Å². The van der Waals surface area contributed by atoms with Crippen molar-refractivity contribution in [2.75, 3.05) is 19.0 Å². The number of amides is 1. The third-order valence-electron chi connectivity index (χ3n) is 6.96. The van der Waals surface area contributed by atoms with Gasteiger partial charge in [-0.3, -0.25) is 9.78 Å². The van der Waals surface area contributed by atoms with Gasteiger partial charge in [-0.05, 0) is 46.0 Å². The van der Waals surface area contributed by atoms with E-state index >= 15 is 0 Å². The molecule has 4 heterocycles. The molecule has 2 fully saturated rings. The van der Waals surface area contributed by atoms with Crippen LogP contribution in [0.1, 0.15) is 71.6 Å². The highest BCUT2D eigenvalue weighted by Crippen LogP contribution is 2.43. The number of aryl methyl sites for hydroxylation is 1. The van der Waals surface area contributed by atoms with Crippen molar-refractivity contribution < 1.29 is 13.9 Å². The highest BCUT2D eigenvalue weighted by Gasteiger charge is 2.39. The fourth-order valence-electron chi connectivity index (χ4n) is 4.62. The second-order valence-corrected chi connectivity index (χ2v) is 9.55. The minimum absolute atomic E-state index is 0.0243. The predicted molar refractivity (Wildman–Crippen MR) is 119 cm³/mol. The summed E-state index contributed by atoms with van der Waals surface area (Å²) >= 11 is 0. The second kappa shape index (κ2) is 6.92. The molecule has 0 spiro atoms. The number of anilines is 1. The number of methoxy groups -OCH3 is 1. The average molecular weight is 434 g/mol. The molecule has 2 aliphatic carbocycles. The van der Waals surface area contributed by atoms with Crippen LogP contribution in [0, 0.1) is 6.92 Å². The van der Waals surface area contributed by atoms with Crippen LogP contribution >= 0.6 is 0 Å². The van der Waals surface area contributed by atoms with Crippen molar-refractivity contribution in [2.24, 2.45) is 0 Å². The van der Waals surface area contributed by atoms with Gasteiger partial charge in [0.25, 0.3) is 5.91 Å². The van der Waals surface area contributed by atoms with Crippen molar-refractivity contribution in [3.05, 3.63) is 40.7 Å². The zero-order valence-electron chi connectivity index (χ0n) is 18.7. The van der Waals surface area contributed by atoms with Crippen LogP contribution in [0.5, 0.6) is 5.75 Å². The second-order valence-electron chi connectivity index (χ2n) is 9.55. The smallest absolute Gasteiger partial charge is 0.258 e. The summed E-state index contributed by atoms with van der Waals surface area (Å²) in [6.45, 7) is 5.05. The first-order valence-electron chi connectivity index (χ1n) is 11.3. The highest BCUT2D eigenvalue weighted by molar-refractivity contribution is 6.10. The molecule has 0 aromatic carbocycles. The number of fused-ring (bicyclic) bond motifs is 2. The SMILES string of the molecule is COc1cc(C2CC2)nc2c1CCN(C(=O)c1c(C)oc3ncnc(NC4(C)CC4)c13)C2. The third kappa shape index (κ3) is 3.20. The Kier molecular flexibility index (Phi) is 4.22. The number of ether oxygens (including phenoxy) is 1. The van der Waals surface area contributed by atoms with E-state index in [1.807, 2.05) is 11.8 Å². The lowest BCUT2D eigenvalue weighted by Crippen LogP contribution is -2.37. The molecule has 3 aromatic heterocycles. The molecule has 0 atom stereocenters. The zero-order chi connectivity index (χ0) is 22.0. The molecule has 0 bridgehead atoms. The zero-order valence-corrected chi connectivity index (χ0v) is 18.7. The summed E-state index contributed by atoms with van der Waals surface area (Å²) < 4.78 is 11.5. The van der Waals surface area contributed by atoms with Gasteiger partial charge in [-0.2, -0.15) is 0 Å². The number of nitrogens with one attached hydrogen (secondary N) is 1. The van der Waals surface area contributed by atoms with Gasteiger partial charge in [-0.15, -0.1) is 0 Å². The molecule has 6 rings (SSSR count). The first-order chi connectivity index (χ1) is 15.5. The number of furan rings is 1. The number of aromatic nitrogens is 3. The van der Waals surface area contributed by atoms with Gasteiger partial charge in [0.2, 0.25) is 5.71 Å². The molecule has 2 saturated carbocycles. The van der Waals surface area contributed by atoms with Crippen LogP contribution in [-0.2, 0) is 13.0 Å². The van der Waals surface area contributed by atoms with Crippen molar-refractivity contribution in [1.29, 1.82) is 0 Å². The van der Waals surface area contributed by atoms with Crippen molar-refractivity contribution >= 4 is 22.8 Å². The van der Waals surface area contributed by atoms with Gasteiger partial charge in [0.05, 0.1) is 30.3 Å². The third-order valence-corrected chi connectivity index (χ3v) is 6.96. The minimum atomic E-state index is -0.0664. The van der Waals surface area contributed by atoms with Gasteiger partial charge in [0, 0.05) is 35.3 Å². The maximum absolute atomic E-state index is 13.7. The molecule has 1 amide bonds. The number of carbonyl (C=O) groups excluding carboxylic acids is 1. The average Bonchev–Trinajstić information content (AvgIpc) is 3.71. The number of pyridine rings is 1. The summed E-state index contributed by atoms with van der Waals surface area (Å²) in [5.74, 6) is 2.59. The fourth-order valence-corrected chi connectivity index (χ4v) is 4.62. The van der Waals surface area contributed by atoms with Gasteiger partial charge in [-0.25, -0.2) is 9.97 Å². The summed E-state index contributed by atoms with van der Waals surface area (Å²) in [5.41, 5.74) is 4.15. The molecular formula is C24H27N5O3. The lowest BCUT2D eigenvalue weighted by Gasteiger charge is -2.29. The van der Waals surface area contributed by atoms with Crippen LogP contribution in [0.3, 0.4) is 0 Å². The monoisotopic (exact) mass is 433 g/mol. The first-order valence-corrected chi connectivity index (χ1v) is 11.3. The van der Waals surface area contributed by atoms with Crippen LogP contribution in [0.25, 0.3) is 11.1 Å². The predicted octanol–water partition coefficient (Wildman–Crippen LogP) is 3.98. The van der Waals surface area contributed by atoms with Gasteiger partial charge in [0.15, 0.2) is 0 Å². The van der Waals surface area contributed by atoms with Crippen molar-refractivity contribution in [3.63, 3.8) is 0 Å². The molecule has 166 valence electrons. The van der Waals surface area contributed by atoms with E-state index in [1.54, 1.807) is 7.11 Å². The minimum Gasteiger partial charge on any atom is -0.496 e. The summed E-state index contributed by atoms with van der Waals surface area (Å²) in [7, 11) is 1.71. The van der Waals surface area contributed by atoms with Gasteiger partial charge < -0.3 is 19.4 Å². The molecule has 0 saturated heterocycles. The number of rotatable bonds is 5. The molecule has 3 aromatic rings. The van der Waals surface area contributed by atoms with E-state index in [1.165, 1.54) is 19.2 Å². The topological polar surface area (TPSA) is 93.4 Å². The summed E-state index contributed by atoms with van der Waals surface area (Å²) in [6.07, 6.45) is 6.71. The van der Waals surface area contributed by atoms with E-state index < -0.39 is 0 Å². The van der Waals surface area contributed by atoms with Gasteiger partial charge in [0.1, 0.15) is 23.7 Å². The van der Waals surface area contributed by atoms with Crippen molar-refractivity contribution in [1.82, 2.24) is 19.9 Å². The lowest BCUT2D eigenvalue weighted by atomic mass is 10.0. The Balaban J connectivity index is 1.36. The van der Waals surface area contributed by atoms with Crippen LogP contribution in [-0.4, -0.2) is 45.0 Å². The summed E-state index contributed by atoms with van der Waals surface area (Å²) in [6, 6.07) is 2.08. The number of nitrogens with zero attached hydrogens (tertiary/aromatic N) is 4. The molecule has 0 unspecified atom stereocenters. The molecule has 0 radical (unpaired) electrons.